The maximum Gasteiger partial charge on any atom is 0.320 e. The Labute approximate surface area is 84.0 Å². The number of nitrogens with two attached hydrogens (primary N) is 2. The van der Waals surface area contributed by atoms with Gasteiger partial charge in [0.1, 0.15) is 6.04 Å². The second-order valence-corrected chi connectivity index (χ2v) is 4.16. The summed E-state index contributed by atoms with van der Waals surface area (Å²) in [7, 11) is 2.05. The van der Waals surface area contributed by atoms with E-state index in [4.69, 9.17) is 16.6 Å². The summed E-state index contributed by atoms with van der Waals surface area (Å²) in [4.78, 5) is 12.7. The average Bonchev–Trinajstić information content (AvgIpc) is 2.51. The Morgan fingerprint density at radius 3 is 2.71 bits per heavy atom. The highest BCUT2D eigenvalue weighted by molar-refractivity contribution is 5.73. The van der Waals surface area contributed by atoms with E-state index >= 15 is 0 Å². The van der Waals surface area contributed by atoms with Gasteiger partial charge < -0.3 is 21.5 Å². The van der Waals surface area contributed by atoms with Crippen LogP contribution in [0.2, 0.25) is 0 Å². The summed E-state index contributed by atoms with van der Waals surface area (Å²) < 4.78 is 0. The van der Waals surface area contributed by atoms with Gasteiger partial charge in [-0.3, -0.25) is 4.79 Å². The van der Waals surface area contributed by atoms with Gasteiger partial charge in [-0.2, -0.15) is 0 Å². The highest BCUT2D eigenvalue weighted by Crippen LogP contribution is 2.19. The van der Waals surface area contributed by atoms with E-state index in [1.807, 2.05) is 7.05 Å². The summed E-state index contributed by atoms with van der Waals surface area (Å²) in [6.07, 6.45) is 1.41. The summed E-state index contributed by atoms with van der Waals surface area (Å²) in [6.45, 7) is 1.99. The Kier molecular flexibility index (Phi) is 3.86. The molecule has 3 unspecified atom stereocenters. The first-order chi connectivity index (χ1) is 6.50. The molecule has 0 radical (unpaired) electrons. The third kappa shape index (κ3) is 2.94. The molecule has 0 aromatic rings. The van der Waals surface area contributed by atoms with Crippen molar-refractivity contribution in [1.29, 1.82) is 0 Å². The van der Waals surface area contributed by atoms with Crippen LogP contribution in [-0.4, -0.2) is 48.2 Å². The standard InChI is InChI=1S/C9H19N3O2/c1-12-3-2-6(5-12)7(10)4-8(11)9(13)14/h6-8H,2-5,10-11H2,1H3,(H,13,14). The number of nitrogens with zero attached hydrogens (tertiary/aromatic N) is 1. The van der Waals surface area contributed by atoms with Crippen LogP contribution >= 0.6 is 0 Å². The molecule has 0 bridgehead atoms. The van der Waals surface area contributed by atoms with Crippen LogP contribution in [0.5, 0.6) is 0 Å². The van der Waals surface area contributed by atoms with Crippen molar-refractivity contribution >= 4 is 5.97 Å². The van der Waals surface area contributed by atoms with Gasteiger partial charge >= 0.3 is 5.97 Å². The monoisotopic (exact) mass is 201 g/mol. The molecule has 82 valence electrons. The van der Waals surface area contributed by atoms with E-state index in [-0.39, 0.29) is 6.04 Å². The fourth-order valence-corrected chi connectivity index (χ4v) is 1.91. The number of carboxylic acid groups (broad SMARTS) is 1. The van der Waals surface area contributed by atoms with Crippen LogP contribution in [0.15, 0.2) is 0 Å². The van der Waals surface area contributed by atoms with Gasteiger partial charge in [-0.25, -0.2) is 0 Å². The van der Waals surface area contributed by atoms with Crippen molar-refractivity contribution in [1.82, 2.24) is 4.90 Å². The minimum Gasteiger partial charge on any atom is -0.480 e. The van der Waals surface area contributed by atoms with E-state index in [2.05, 4.69) is 4.90 Å². The second-order valence-electron chi connectivity index (χ2n) is 4.16. The van der Waals surface area contributed by atoms with Gasteiger partial charge in [0, 0.05) is 12.6 Å². The number of carbonyl (C=O) groups is 1. The first-order valence-electron chi connectivity index (χ1n) is 4.93. The Bertz CT molecular complexity index is 210. The topological polar surface area (TPSA) is 92.6 Å². The maximum atomic E-state index is 10.5. The fraction of sp³-hybridized carbons (Fsp3) is 0.889. The quantitative estimate of drug-likeness (QED) is 0.546. The Hall–Kier alpha value is -0.650. The molecule has 0 saturated carbocycles. The third-order valence-electron chi connectivity index (χ3n) is 2.88. The van der Waals surface area contributed by atoms with Crippen LogP contribution in [0, 0.1) is 5.92 Å². The normalized spacial score (nSPS) is 27.5. The molecule has 5 nitrogen and oxygen atoms in total. The summed E-state index contributed by atoms with van der Waals surface area (Å²) in [5.41, 5.74) is 11.3. The summed E-state index contributed by atoms with van der Waals surface area (Å²) in [6, 6.07) is -0.915. The maximum absolute atomic E-state index is 10.5. The lowest BCUT2D eigenvalue weighted by Gasteiger charge is -2.20. The van der Waals surface area contributed by atoms with E-state index < -0.39 is 12.0 Å². The number of likely N-dealkylation sites (tertiary alicyclic amines) is 1. The third-order valence-corrected chi connectivity index (χ3v) is 2.88. The molecule has 5 heteroatoms. The first-order valence-corrected chi connectivity index (χ1v) is 4.93. The minimum absolute atomic E-state index is 0.0916. The number of hydrogen-bond acceptors (Lipinski definition) is 4. The number of aliphatic carboxylic acids is 1. The molecule has 1 aliphatic heterocycles. The zero-order chi connectivity index (χ0) is 10.7. The molecule has 1 aliphatic rings. The van der Waals surface area contributed by atoms with E-state index in [1.165, 1.54) is 0 Å². The lowest BCUT2D eigenvalue weighted by atomic mass is 9.94. The lowest BCUT2D eigenvalue weighted by Crippen LogP contribution is -2.41. The van der Waals surface area contributed by atoms with Crippen LogP contribution in [0.25, 0.3) is 0 Å². The molecule has 14 heavy (non-hydrogen) atoms. The van der Waals surface area contributed by atoms with Gasteiger partial charge in [-0.1, -0.05) is 0 Å². The molecule has 1 rings (SSSR count). The highest BCUT2D eigenvalue weighted by atomic mass is 16.4. The van der Waals surface area contributed by atoms with Crippen molar-refractivity contribution in [2.45, 2.75) is 24.9 Å². The number of carboxylic acids is 1. The van der Waals surface area contributed by atoms with Gasteiger partial charge in [0.05, 0.1) is 0 Å². The van der Waals surface area contributed by atoms with Gasteiger partial charge in [-0.15, -0.1) is 0 Å². The van der Waals surface area contributed by atoms with Crippen LogP contribution in [0.4, 0.5) is 0 Å². The smallest absolute Gasteiger partial charge is 0.320 e. The summed E-state index contributed by atoms with van der Waals surface area (Å²) >= 11 is 0. The fourth-order valence-electron chi connectivity index (χ4n) is 1.91. The predicted octanol–water partition coefficient (Wildman–Crippen LogP) is -0.933. The molecule has 1 saturated heterocycles. The van der Waals surface area contributed by atoms with Crippen LogP contribution < -0.4 is 11.5 Å². The number of rotatable bonds is 4. The van der Waals surface area contributed by atoms with Gasteiger partial charge in [-0.05, 0) is 32.4 Å². The molecule has 0 amide bonds. The van der Waals surface area contributed by atoms with Crippen LogP contribution in [0.3, 0.4) is 0 Å². The molecule has 5 N–H and O–H groups in total. The van der Waals surface area contributed by atoms with Gasteiger partial charge in [0.2, 0.25) is 0 Å². The number of hydrogen-bond donors (Lipinski definition) is 3. The largest absolute Gasteiger partial charge is 0.480 e. The van der Waals surface area contributed by atoms with Crippen molar-refractivity contribution in [2.24, 2.45) is 17.4 Å². The summed E-state index contributed by atoms with van der Waals surface area (Å²) in [5.74, 6) is -0.572. The molecule has 1 heterocycles. The zero-order valence-corrected chi connectivity index (χ0v) is 8.52. The van der Waals surface area contributed by atoms with Crippen LogP contribution in [0.1, 0.15) is 12.8 Å². The lowest BCUT2D eigenvalue weighted by molar-refractivity contribution is -0.138. The molecule has 1 fully saturated rings. The molecule has 0 aliphatic carbocycles. The Morgan fingerprint density at radius 2 is 2.29 bits per heavy atom. The average molecular weight is 201 g/mol. The molecule has 0 aromatic heterocycles. The van der Waals surface area contributed by atoms with E-state index in [0.717, 1.165) is 19.5 Å². The molecular weight excluding hydrogens is 182 g/mol. The molecular formula is C9H19N3O2. The Balaban J connectivity index is 2.34. The van der Waals surface area contributed by atoms with Crippen LogP contribution in [-0.2, 0) is 4.79 Å². The molecule has 3 atom stereocenters. The first kappa shape index (κ1) is 11.4. The van der Waals surface area contributed by atoms with Crippen molar-refractivity contribution in [2.75, 3.05) is 20.1 Å². The SMILES string of the molecule is CN1CCC(C(N)CC(N)C(=O)O)C1. The highest BCUT2D eigenvalue weighted by Gasteiger charge is 2.27. The molecule has 0 aromatic carbocycles. The second kappa shape index (κ2) is 4.72. The van der Waals surface area contributed by atoms with Crippen molar-refractivity contribution in [3.8, 4) is 0 Å². The Morgan fingerprint density at radius 1 is 1.64 bits per heavy atom. The zero-order valence-electron chi connectivity index (χ0n) is 8.52. The van der Waals surface area contributed by atoms with Gasteiger partial charge in [0.15, 0.2) is 0 Å². The van der Waals surface area contributed by atoms with E-state index in [0.29, 0.717) is 12.3 Å². The van der Waals surface area contributed by atoms with E-state index in [9.17, 15) is 4.79 Å². The summed E-state index contributed by atoms with van der Waals surface area (Å²) in [5, 5.41) is 8.63. The van der Waals surface area contributed by atoms with Gasteiger partial charge in [0.25, 0.3) is 0 Å². The predicted molar refractivity (Wildman–Crippen MR) is 53.8 cm³/mol. The van der Waals surface area contributed by atoms with Crippen molar-refractivity contribution < 1.29 is 9.90 Å². The molecule has 0 spiro atoms. The van der Waals surface area contributed by atoms with Crippen molar-refractivity contribution in [3.63, 3.8) is 0 Å². The minimum atomic E-state index is -0.966. The van der Waals surface area contributed by atoms with Crippen molar-refractivity contribution in [3.05, 3.63) is 0 Å². The van der Waals surface area contributed by atoms with E-state index in [1.54, 1.807) is 0 Å².